The number of hydrogen-bond acceptors (Lipinski definition) is 3. The van der Waals surface area contributed by atoms with E-state index in [4.69, 9.17) is 4.74 Å². The summed E-state index contributed by atoms with van der Waals surface area (Å²) >= 11 is 0. The van der Waals surface area contributed by atoms with Gasteiger partial charge in [0.2, 0.25) is 0 Å². The molecule has 26 heavy (non-hydrogen) atoms. The zero-order valence-corrected chi connectivity index (χ0v) is 13.7. The number of anilines is 1. The molecular formula is C18H15F3N2O3. The third-order valence-electron chi connectivity index (χ3n) is 4.02. The topological polar surface area (TPSA) is 58.6 Å². The molecule has 1 aliphatic rings. The van der Waals surface area contributed by atoms with Gasteiger partial charge in [-0.05, 0) is 36.4 Å². The molecule has 2 aromatic rings. The molecule has 0 saturated heterocycles. The maximum absolute atomic E-state index is 12.8. The normalized spacial score (nSPS) is 16.5. The molecule has 1 N–H and O–H groups in total. The number of rotatable bonds is 2. The maximum Gasteiger partial charge on any atom is 0.416 e. The number of benzene rings is 2. The molecule has 2 amide bonds. The Labute approximate surface area is 147 Å². The fraction of sp³-hybridized carbons (Fsp3) is 0.222. The van der Waals surface area contributed by atoms with Crippen molar-refractivity contribution in [2.45, 2.75) is 12.3 Å². The summed E-state index contributed by atoms with van der Waals surface area (Å²) in [4.78, 5) is 26.1. The predicted octanol–water partition coefficient (Wildman–Crippen LogP) is 2.86. The minimum Gasteiger partial charge on any atom is -0.477 e. The van der Waals surface area contributed by atoms with Crippen LogP contribution in [0.15, 0.2) is 48.5 Å². The second kappa shape index (κ2) is 6.70. The van der Waals surface area contributed by atoms with Crippen LogP contribution in [0.4, 0.5) is 18.9 Å². The monoisotopic (exact) mass is 364 g/mol. The number of para-hydroxylation sites is 2. The van der Waals surface area contributed by atoms with Gasteiger partial charge in [0.1, 0.15) is 5.75 Å². The number of alkyl halides is 3. The first-order valence-corrected chi connectivity index (χ1v) is 7.77. The number of carbonyl (C=O) groups is 2. The molecule has 3 rings (SSSR count). The molecule has 136 valence electrons. The van der Waals surface area contributed by atoms with E-state index < -0.39 is 29.7 Å². The molecule has 2 aromatic carbocycles. The second-order valence-corrected chi connectivity index (χ2v) is 5.68. The first-order valence-electron chi connectivity index (χ1n) is 7.77. The summed E-state index contributed by atoms with van der Waals surface area (Å²) in [5.74, 6) is -0.555. The molecule has 0 radical (unpaired) electrons. The van der Waals surface area contributed by atoms with Crippen molar-refractivity contribution < 1.29 is 27.5 Å². The summed E-state index contributed by atoms with van der Waals surface area (Å²) in [6.07, 6.45) is -5.38. The van der Waals surface area contributed by atoms with Crippen LogP contribution >= 0.6 is 0 Å². The van der Waals surface area contributed by atoms with Gasteiger partial charge in [-0.2, -0.15) is 13.2 Å². The van der Waals surface area contributed by atoms with E-state index in [1.54, 1.807) is 24.3 Å². The lowest BCUT2D eigenvalue weighted by atomic mass is 10.1. The summed E-state index contributed by atoms with van der Waals surface area (Å²) in [6.45, 7) is -0.0451. The Hall–Kier alpha value is -3.03. The number of ether oxygens (including phenoxy) is 1. The Balaban J connectivity index is 1.93. The number of fused-ring (bicyclic) bond motifs is 1. The molecule has 8 heteroatoms. The van der Waals surface area contributed by atoms with Gasteiger partial charge in [-0.15, -0.1) is 0 Å². The van der Waals surface area contributed by atoms with E-state index in [0.717, 1.165) is 24.3 Å². The van der Waals surface area contributed by atoms with Crippen LogP contribution in [-0.2, 0) is 11.0 Å². The van der Waals surface area contributed by atoms with Gasteiger partial charge in [0.25, 0.3) is 11.8 Å². The highest BCUT2D eigenvalue weighted by Gasteiger charge is 2.34. The quantitative estimate of drug-likeness (QED) is 0.892. The van der Waals surface area contributed by atoms with Crippen LogP contribution in [0, 0.1) is 0 Å². The number of nitrogens with one attached hydrogen (secondary N) is 1. The number of nitrogens with zero attached hydrogens (tertiary/aromatic N) is 1. The number of hydrogen-bond donors (Lipinski definition) is 1. The van der Waals surface area contributed by atoms with Crippen molar-refractivity contribution in [3.63, 3.8) is 0 Å². The molecule has 0 fully saturated rings. The van der Waals surface area contributed by atoms with Gasteiger partial charge >= 0.3 is 6.18 Å². The third-order valence-corrected chi connectivity index (χ3v) is 4.02. The van der Waals surface area contributed by atoms with E-state index >= 15 is 0 Å². The van der Waals surface area contributed by atoms with Crippen molar-refractivity contribution >= 4 is 17.5 Å². The van der Waals surface area contributed by atoms with E-state index in [-0.39, 0.29) is 12.1 Å². The van der Waals surface area contributed by atoms with E-state index in [9.17, 15) is 22.8 Å². The average molecular weight is 364 g/mol. The Morgan fingerprint density at radius 1 is 1.12 bits per heavy atom. The lowest BCUT2D eigenvalue weighted by Crippen LogP contribution is -2.50. The predicted molar refractivity (Wildman–Crippen MR) is 88.0 cm³/mol. The van der Waals surface area contributed by atoms with Crippen LogP contribution in [-0.4, -0.2) is 31.5 Å². The van der Waals surface area contributed by atoms with Gasteiger partial charge in [0.05, 0.1) is 17.8 Å². The van der Waals surface area contributed by atoms with E-state index in [1.165, 1.54) is 11.9 Å². The molecule has 1 unspecified atom stereocenters. The molecule has 5 nitrogen and oxygen atoms in total. The average Bonchev–Trinajstić information content (AvgIpc) is 2.65. The van der Waals surface area contributed by atoms with Gasteiger partial charge in [-0.1, -0.05) is 12.1 Å². The van der Waals surface area contributed by atoms with E-state index in [0.29, 0.717) is 11.4 Å². The Morgan fingerprint density at radius 3 is 2.38 bits per heavy atom. The zero-order chi connectivity index (χ0) is 18.9. The number of amides is 2. The lowest BCUT2D eigenvalue weighted by Gasteiger charge is -2.34. The highest BCUT2D eigenvalue weighted by molar-refractivity contribution is 6.07. The highest BCUT2D eigenvalue weighted by atomic mass is 19.4. The van der Waals surface area contributed by atoms with Crippen molar-refractivity contribution in [3.05, 3.63) is 59.7 Å². The Morgan fingerprint density at radius 2 is 1.77 bits per heavy atom. The SMILES string of the molecule is CNC(=O)C1CN(C(=O)c2ccc(C(F)(F)F)cc2)c2ccccc2O1. The zero-order valence-electron chi connectivity index (χ0n) is 13.7. The van der Waals surface area contributed by atoms with Crippen LogP contribution < -0.4 is 15.0 Å². The minimum absolute atomic E-state index is 0.0451. The molecule has 1 atom stereocenters. The second-order valence-electron chi connectivity index (χ2n) is 5.68. The molecule has 0 saturated carbocycles. The van der Waals surface area contributed by atoms with Crippen LogP contribution in [0.5, 0.6) is 5.75 Å². The molecule has 0 spiro atoms. The summed E-state index contributed by atoms with van der Waals surface area (Å²) in [6, 6.07) is 10.6. The number of likely N-dealkylation sites (N-methyl/N-ethyl adjacent to an activating group) is 1. The first kappa shape index (κ1) is 17.8. The summed E-state index contributed by atoms with van der Waals surface area (Å²) < 4.78 is 43.7. The standard InChI is InChI=1S/C18H15F3N2O3/c1-22-16(24)15-10-23(13-4-2-3-5-14(13)26-15)17(25)11-6-8-12(9-7-11)18(19,20)21/h2-9,15H,10H2,1H3,(H,22,24). The fourth-order valence-electron chi connectivity index (χ4n) is 2.68. The fourth-order valence-corrected chi connectivity index (χ4v) is 2.68. The molecule has 1 aliphatic heterocycles. The summed E-state index contributed by atoms with van der Waals surface area (Å²) in [7, 11) is 1.45. The van der Waals surface area contributed by atoms with Crippen molar-refractivity contribution in [1.29, 1.82) is 0 Å². The third kappa shape index (κ3) is 3.35. The molecule has 0 bridgehead atoms. The highest BCUT2D eigenvalue weighted by Crippen LogP contribution is 2.34. The molecular weight excluding hydrogens is 349 g/mol. The molecule has 0 aliphatic carbocycles. The van der Waals surface area contributed by atoms with Crippen LogP contribution in [0.1, 0.15) is 15.9 Å². The van der Waals surface area contributed by atoms with Crippen molar-refractivity contribution in [2.24, 2.45) is 0 Å². The van der Waals surface area contributed by atoms with Crippen LogP contribution in [0.3, 0.4) is 0 Å². The number of halogens is 3. The number of carbonyl (C=O) groups excluding carboxylic acids is 2. The summed E-state index contributed by atoms with van der Waals surface area (Å²) in [5.41, 5.74) is -0.289. The van der Waals surface area contributed by atoms with E-state index in [1.807, 2.05) is 0 Å². The summed E-state index contributed by atoms with van der Waals surface area (Å²) in [5, 5.41) is 2.46. The Bertz CT molecular complexity index is 834. The largest absolute Gasteiger partial charge is 0.477 e. The molecule has 1 heterocycles. The maximum atomic E-state index is 12.8. The van der Waals surface area contributed by atoms with Gasteiger partial charge in [-0.25, -0.2) is 0 Å². The van der Waals surface area contributed by atoms with Crippen LogP contribution in [0.25, 0.3) is 0 Å². The van der Waals surface area contributed by atoms with Gasteiger partial charge in [-0.3, -0.25) is 9.59 Å². The van der Waals surface area contributed by atoms with E-state index in [2.05, 4.69) is 5.32 Å². The molecule has 0 aromatic heterocycles. The van der Waals surface area contributed by atoms with Gasteiger partial charge < -0.3 is 15.0 Å². The van der Waals surface area contributed by atoms with Gasteiger partial charge in [0.15, 0.2) is 6.10 Å². The van der Waals surface area contributed by atoms with Crippen LogP contribution in [0.2, 0.25) is 0 Å². The minimum atomic E-state index is -4.47. The van der Waals surface area contributed by atoms with Crippen molar-refractivity contribution in [2.75, 3.05) is 18.5 Å². The lowest BCUT2D eigenvalue weighted by molar-refractivity contribution is -0.137. The van der Waals surface area contributed by atoms with Gasteiger partial charge in [0, 0.05) is 12.6 Å². The van der Waals surface area contributed by atoms with Crippen molar-refractivity contribution in [3.8, 4) is 5.75 Å². The smallest absolute Gasteiger partial charge is 0.416 e. The Kier molecular flexibility index (Phi) is 4.58. The van der Waals surface area contributed by atoms with Crippen molar-refractivity contribution in [1.82, 2.24) is 5.32 Å². The first-order chi connectivity index (χ1) is 12.3.